The van der Waals surface area contributed by atoms with Gasteiger partial charge in [-0.05, 0) is 43.2 Å². The second kappa shape index (κ2) is 6.57. The van der Waals surface area contributed by atoms with Crippen molar-refractivity contribution in [2.45, 2.75) is 58.0 Å². The first-order chi connectivity index (χ1) is 9.86. The third kappa shape index (κ3) is 3.51. The van der Waals surface area contributed by atoms with Crippen LogP contribution in [0, 0.1) is 5.92 Å². The van der Waals surface area contributed by atoms with Crippen molar-refractivity contribution < 1.29 is 0 Å². The average molecular weight is 273 g/mol. The van der Waals surface area contributed by atoms with Crippen LogP contribution in [0.1, 0.15) is 51.0 Å². The van der Waals surface area contributed by atoms with Crippen LogP contribution in [0.3, 0.4) is 0 Å². The number of nitrogens with one attached hydrogen (secondary N) is 1. The zero-order valence-corrected chi connectivity index (χ0v) is 12.6. The van der Waals surface area contributed by atoms with Gasteiger partial charge in [-0.25, -0.2) is 0 Å². The topological polar surface area (TPSA) is 28.2 Å². The molecule has 2 fully saturated rings. The minimum Gasteiger partial charge on any atom is -0.370 e. The van der Waals surface area contributed by atoms with Gasteiger partial charge < -0.3 is 10.2 Å². The molecule has 0 spiro atoms. The summed E-state index contributed by atoms with van der Waals surface area (Å²) >= 11 is 0. The molecule has 3 nitrogen and oxygen atoms in total. The molecule has 0 unspecified atom stereocenters. The van der Waals surface area contributed by atoms with Crippen LogP contribution in [-0.4, -0.2) is 24.1 Å². The van der Waals surface area contributed by atoms with Crippen LogP contribution in [0.4, 0.5) is 5.69 Å². The van der Waals surface area contributed by atoms with Crippen LogP contribution in [0.15, 0.2) is 18.5 Å². The number of piperidine rings is 1. The smallest absolute Gasteiger partial charge is 0.0598 e. The van der Waals surface area contributed by atoms with E-state index in [0.29, 0.717) is 0 Å². The highest BCUT2D eigenvalue weighted by Gasteiger charge is 2.23. The maximum absolute atomic E-state index is 4.35. The molecular formula is C17H27N3. The van der Waals surface area contributed by atoms with E-state index in [2.05, 4.69) is 34.4 Å². The van der Waals surface area contributed by atoms with Gasteiger partial charge in [-0.3, -0.25) is 4.98 Å². The lowest BCUT2D eigenvalue weighted by Gasteiger charge is -2.34. The summed E-state index contributed by atoms with van der Waals surface area (Å²) in [5.74, 6) is 0.945. The molecule has 1 saturated heterocycles. The molecule has 0 bridgehead atoms. The highest BCUT2D eigenvalue weighted by molar-refractivity contribution is 5.52. The van der Waals surface area contributed by atoms with Crippen molar-refractivity contribution >= 4 is 5.69 Å². The van der Waals surface area contributed by atoms with Crippen molar-refractivity contribution in [3.8, 4) is 0 Å². The third-order valence-corrected chi connectivity index (χ3v) is 4.70. The van der Waals surface area contributed by atoms with E-state index in [1.165, 1.54) is 62.9 Å². The second-order valence-corrected chi connectivity index (χ2v) is 6.38. The van der Waals surface area contributed by atoms with Gasteiger partial charge in [0.05, 0.1) is 11.9 Å². The molecule has 1 aromatic heterocycles. The Morgan fingerprint density at radius 3 is 2.75 bits per heavy atom. The molecular weight excluding hydrogens is 246 g/mol. The number of anilines is 1. The molecule has 0 aromatic carbocycles. The van der Waals surface area contributed by atoms with E-state index < -0.39 is 0 Å². The SMILES string of the molecule is CCCC1CCN(c2cnccc2CNC2CC2)CC1. The molecule has 1 N–H and O–H groups in total. The Balaban J connectivity index is 1.61. The van der Waals surface area contributed by atoms with Crippen molar-refractivity contribution in [2.24, 2.45) is 5.92 Å². The lowest BCUT2D eigenvalue weighted by atomic mass is 9.92. The number of pyridine rings is 1. The summed E-state index contributed by atoms with van der Waals surface area (Å²) in [6.07, 6.45) is 12.1. The van der Waals surface area contributed by atoms with Gasteiger partial charge in [0.15, 0.2) is 0 Å². The summed E-state index contributed by atoms with van der Waals surface area (Å²) in [5.41, 5.74) is 2.77. The van der Waals surface area contributed by atoms with Gasteiger partial charge in [-0.1, -0.05) is 19.8 Å². The molecule has 3 heteroatoms. The zero-order chi connectivity index (χ0) is 13.8. The van der Waals surface area contributed by atoms with Crippen LogP contribution < -0.4 is 10.2 Å². The van der Waals surface area contributed by atoms with Crippen LogP contribution >= 0.6 is 0 Å². The van der Waals surface area contributed by atoms with Crippen LogP contribution in [0.25, 0.3) is 0 Å². The van der Waals surface area contributed by atoms with E-state index in [-0.39, 0.29) is 0 Å². The lowest BCUT2D eigenvalue weighted by Crippen LogP contribution is -2.34. The Morgan fingerprint density at radius 2 is 2.05 bits per heavy atom. The third-order valence-electron chi connectivity index (χ3n) is 4.70. The Bertz CT molecular complexity index is 420. The quantitative estimate of drug-likeness (QED) is 0.861. The largest absolute Gasteiger partial charge is 0.370 e. The van der Waals surface area contributed by atoms with Crippen molar-refractivity contribution in [3.63, 3.8) is 0 Å². The molecule has 110 valence electrons. The van der Waals surface area contributed by atoms with Gasteiger partial charge in [0, 0.05) is 31.9 Å². The van der Waals surface area contributed by atoms with Crippen molar-refractivity contribution in [1.82, 2.24) is 10.3 Å². The van der Waals surface area contributed by atoms with E-state index in [1.807, 2.05) is 6.20 Å². The van der Waals surface area contributed by atoms with E-state index in [0.717, 1.165) is 18.5 Å². The minimum atomic E-state index is 0.770. The fourth-order valence-corrected chi connectivity index (χ4v) is 3.26. The molecule has 1 aromatic rings. The highest BCUT2D eigenvalue weighted by atomic mass is 15.1. The van der Waals surface area contributed by atoms with Gasteiger partial charge in [0.25, 0.3) is 0 Å². The molecule has 1 saturated carbocycles. The Morgan fingerprint density at radius 1 is 1.25 bits per heavy atom. The highest BCUT2D eigenvalue weighted by Crippen LogP contribution is 2.28. The first-order valence-electron chi connectivity index (χ1n) is 8.28. The monoisotopic (exact) mass is 273 g/mol. The summed E-state index contributed by atoms with van der Waals surface area (Å²) in [6.45, 7) is 5.70. The number of nitrogens with zero attached hydrogens (tertiary/aromatic N) is 2. The van der Waals surface area contributed by atoms with Gasteiger partial charge in [-0.2, -0.15) is 0 Å². The van der Waals surface area contributed by atoms with Crippen molar-refractivity contribution in [1.29, 1.82) is 0 Å². The summed E-state index contributed by atoms with van der Waals surface area (Å²) in [5, 5.41) is 3.63. The number of aromatic nitrogens is 1. The molecule has 20 heavy (non-hydrogen) atoms. The van der Waals surface area contributed by atoms with Crippen LogP contribution in [-0.2, 0) is 6.54 Å². The van der Waals surface area contributed by atoms with Crippen molar-refractivity contribution in [3.05, 3.63) is 24.0 Å². The van der Waals surface area contributed by atoms with E-state index >= 15 is 0 Å². The summed E-state index contributed by atoms with van der Waals surface area (Å²) in [6, 6.07) is 2.95. The Labute approximate surface area is 122 Å². The summed E-state index contributed by atoms with van der Waals surface area (Å²) in [4.78, 5) is 6.89. The lowest BCUT2D eigenvalue weighted by molar-refractivity contribution is 0.378. The molecule has 1 aliphatic heterocycles. The second-order valence-electron chi connectivity index (χ2n) is 6.38. The summed E-state index contributed by atoms with van der Waals surface area (Å²) < 4.78 is 0. The minimum absolute atomic E-state index is 0.770. The Hall–Kier alpha value is -1.09. The van der Waals surface area contributed by atoms with Crippen LogP contribution in [0.2, 0.25) is 0 Å². The normalized spacial score (nSPS) is 20.4. The van der Waals surface area contributed by atoms with E-state index in [1.54, 1.807) is 0 Å². The van der Waals surface area contributed by atoms with Gasteiger partial charge in [0.2, 0.25) is 0 Å². The molecule has 2 heterocycles. The Kier molecular flexibility index (Phi) is 4.56. The van der Waals surface area contributed by atoms with Crippen LogP contribution in [0.5, 0.6) is 0 Å². The number of rotatable bonds is 6. The number of hydrogen-bond acceptors (Lipinski definition) is 3. The molecule has 0 atom stereocenters. The molecule has 3 rings (SSSR count). The van der Waals surface area contributed by atoms with Crippen molar-refractivity contribution in [2.75, 3.05) is 18.0 Å². The summed E-state index contributed by atoms with van der Waals surface area (Å²) in [7, 11) is 0. The fraction of sp³-hybridized carbons (Fsp3) is 0.706. The maximum Gasteiger partial charge on any atom is 0.0598 e. The standard InChI is InChI=1S/C17H27N3/c1-2-3-14-7-10-20(11-8-14)17-13-18-9-6-15(17)12-19-16-4-5-16/h6,9,13-14,16,19H,2-5,7-8,10-12H2,1H3. The van der Waals surface area contributed by atoms with Gasteiger partial charge in [-0.15, -0.1) is 0 Å². The molecule has 1 aliphatic carbocycles. The van der Waals surface area contributed by atoms with E-state index in [4.69, 9.17) is 0 Å². The predicted molar refractivity (Wildman–Crippen MR) is 83.9 cm³/mol. The van der Waals surface area contributed by atoms with Gasteiger partial charge >= 0.3 is 0 Å². The van der Waals surface area contributed by atoms with E-state index in [9.17, 15) is 0 Å². The van der Waals surface area contributed by atoms with Gasteiger partial charge in [0.1, 0.15) is 0 Å². The zero-order valence-electron chi connectivity index (χ0n) is 12.6. The predicted octanol–water partition coefficient (Wildman–Crippen LogP) is 3.35. The average Bonchev–Trinajstić information content (AvgIpc) is 3.31. The molecule has 2 aliphatic rings. The number of hydrogen-bond donors (Lipinski definition) is 1. The molecule has 0 amide bonds. The molecule has 0 radical (unpaired) electrons. The maximum atomic E-state index is 4.35. The fourth-order valence-electron chi connectivity index (χ4n) is 3.26. The first-order valence-corrected chi connectivity index (χ1v) is 8.28. The first kappa shape index (κ1) is 13.9.